The summed E-state index contributed by atoms with van der Waals surface area (Å²) in [6.07, 6.45) is 7.52. The molecule has 0 aliphatic heterocycles. The summed E-state index contributed by atoms with van der Waals surface area (Å²) in [7, 11) is 1.41. The summed E-state index contributed by atoms with van der Waals surface area (Å²) in [6, 6.07) is 5.58. The molecule has 1 fully saturated rings. The first-order chi connectivity index (χ1) is 10.7. The first-order valence-electron chi connectivity index (χ1n) is 7.98. The Bertz CT molecular complexity index is 490. The van der Waals surface area contributed by atoms with E-state index in [1.165, 1.54) is 7.11 Å². The Kier molecular flexibility index (Phi) is 6.37. The van der Waals surface area contributed by atoms with E-state index < -0.39 is 0 Å². The second-order valence-corrected chi connectivity index (χ2v) is 5.76. The molecule has 0 unspecified atom stereocenters. The van der Waals surface area contributed by atoms with Crippen molar-refractivity contribution in [3.8, 4) is 0 Å². The molecule has 5 heteroatoms. The summed E-state index contributed by atoms with van der Waals surface area (Å²) in [4.78, 5) is 28.3. The number of carbonyl (C=O) groups is 2. The zero-order chi connectivity index (χ0) is 15.8. The maximum Gasteiger partial charge on any atom is 0.310 e. The van der Waals surface area contributed by atoms with Gasteiger partial charge < -0.3 is 10.1 Å². The standard InChI is InChI=1S/C17H24N2O3/c1-22-17(21)14-8-3-2-4-9-15(14)19-16(20)11-10-13-7-5-6-12-18-13/h5-7,12,14-15H,2-4,8-11H2,1H3,(H,19,20)/t14-,15-/m0/s1. The largest absolute Gasteiger partial charge is 0.469 e. The van der Waals surface area contributed by atoms with Crippen LogP contribution < -0.4 is 5.32 Å². The molecule has 2 rings (SSSR count). The van der Waals surface area contributed by atoms with Gasteiger partial charge in [0.05, 0.1) is 13.0 Å². The van der Waals surface area contributed by atoms with Crippen LogP contribution in [0.25, 0.3) is 0 Å². The Morgan fingerprint density at radius 2 is 2.09 bits per heavy atom. The van der Waals surface area contributed by atoms with Gasteiger partial charge in [0.25, 0.3) is 0 Å². The topological polar surface area (TPSA) is 68.3 Å². The molecule has 0 aromatic carbocycles. The fourth-order valence-electron chi connectivity index (χ4n) is 2.98. The number of pyridine rings is 1. The summed E-state index contributed by atoms with van der Waals surface area (Å²) >= 11 is 0. The van der Waals surface area contributed by atoms with Crippen molar-refractivity contribution in [3.63, 3.8) is 0 Å². The van der Waals surface area contributed by atoms with Crippen LogP contribution in [0.15, 0.2) is 24.4 Å². The monoisotopic (exact) mass is 304 g/mol. The molecule has 0 radical (unpaired) electrons. The van der Waals surface area contributed by atoms with Gasteiger partial charge in [0.2, 0.25) is 5.91 Å². The number of nitrogens with zero attached hydrogens (tertiary/aromatic N) is 1. The lowest BCUT2D eigenvalue weighted by Crippen LogP contribution is -2.43. The fourth-order valence-corrected chi connectivity index (χ4v) is 2.98. The van der Waals surface area contributed by atoms with Crippen molar-refractivity contribution < 1.29 is 14.3 Å². The summed E-state index contributed by atoms with van der Waals surface area (Å²) in [6.45, 7) is 0. The number of aromatic nitrogens is 1. The minimum absolute atomic E-state index is 0.0218. The van der Waals surface area contributed by atoms with E-state index in [1.54, 1.807) is 6.20 Å². The first kappa shape index (κ1) is 16.5. The summed E-state index contributed by atoms with van der Waals surface area (Å²) in [5.41, 5.74) is 0.906. The molecule has 1 aliphatic rings. The van der Waals surface area contributed by atoms with Crippen LogP contribution in [0.3, 0.4) is 0 Å². The maximum atomic E-state index is 12.2. The smallest absolute Gasteiger partial charge is 0.310 e. The van der Waals surface area contributed by atoms with Crippen LogP contribution in [-0.4, -0.2) is 30.0 Å². The predicted octanol–water partition coefficient (Wildman–Crippen LogP) is 2.25. The number of aryl methyl sites for hydroxylation is 1. The number of methoxy groups -OCH3 is 1. The molecule has 1 aromatic heterocycles. The molecule has 0 saturated heterocycles. The number of amides is 1. The average Bonchev–Trinajstić information content (AvgIpc) is 2.78. The fraction of sp³-hybridized carbons (Fsp3) is 0.588. The highest BCUT2D eigenvalue weighted by atomic mass is 16.5. The van der Waals surface area contributed by atoms with Crippen LogP contribution in [-0.2, 0) is 20.7 Å². The molecule has 0 spiro atoms. The summed E-state index contributed by atoms with van der Waals surface area (Å²) in [5.74, 6) is -0.449. The van der Waals surface area contributed by atoms with Crippen LogP contribution in [0, 0.1) is 5.92 Å². The lowest BCUT2D eigenvalue weighted by atomic mass is 9.94. The van der Waals surface area contributed by atoms with Crippen molar-refractivity contribution in [3.05, 3.63) is 30.1 Å². The zero-order valence-corrected chi connectivity index (χ0v) is 13.1. The maximum absolute atomic E-state index is 12.2. The lowest BCUT2D eigenvalue weighted by Gasteiger charge is -2.24. The van der Waals surface area contributed by atoms with Crippen LogP contribution in [0.1, 0.15) is 44.2 Å². The summed E-state index contributed by atoms with van der Waals surface area (Å²) < 4.78 is 4.89. The molecular weight excluding hydrogens is 280 g/mol. The number of esters is 1. The van der Waals surface area contributed by atoms with E-state index in [9.17, 15) is 9.59 Å². The number of nitrogens with one attached hydrogen (secondary N) is 1. The van der Waals surface area contributed by atoms with E-state index in [0.29, 0.717) is 12.8 Å². The molecule has 1 heterocycles. The van der Waals surface area contributed by atoms with Crippen molar-refractivity contribution in [2.75, 3.05) is 7.11 Å². The van der Waals surface area contributed by atoms with Gasteiger partial charge in [0.1, 0.15) is 0 Å². The van der Waals surface area contributed by atoms with Crippen molar-refractivity contribution in [1.82, 2.24) is 10.3 Å². The molecular formula is C17H24N2O3. The lowest BCUT2D eigenvalue weighted by molar-refractivity contribution is -0.147. The molecule has 1 aromatic rings. The number of hydrogen-bond donors (Lipinski definition) is 1. The Morgan fingerprint density at radius 3 is 2.82 bits per heavy atom. The zero-order valence-electron chi connectivity index (χ0n) is 13.1. The Labute approximate surface area is 131 Å². The van der Waals surface area contributed by atoms with E-state index in [-0.39, 0.29) is 23.8 Å². The van der Waals surface area contributed by atoms with Gasteiger partial charge in [-0.15, -0.1) is 0 Å². The van der Waals surface area contributed by atoms with E-state index in [4.69, 9.17) is 4.74 Å². The number of hydrogen-bond acceptors (Lipinski definition) is 4. The second-order valence-electron chi connectivity index (χ2n) is 5.76. The van der Waals surface area contributed by atoms with Crippen LogP contribution in [0.4, 0.5) is 0 Å². The van der Waals surface area contributed by atoms with Crippen LogP contribution in [0.5, 0.6) is 0 Å². The number of carbonyl (C=O) groups excluding carboxylic acids is 2. The van der Waals surface area contributed by atoms with Crippen LogP contribution >= 0.6 is 0 Å². The molecule has 1 aliphatic carbocycles. The van der Waals surface area contributed by atoms with Gasteiger partial charge in [-0.1, -0.05) is 25.3 Å². The third-order valence-corrected chi connectivity index (χ3v) is 4.20. The normalized spacial score (nSPS) is 21.7. The molecule has 22 heavy (non-hydrogen) atoms. The van der Waals surface area contributed by atoms with E-state index in [1.807, 2.05) is 18.2 Å². The molecule has 1 N–H and O–H groups in total. The third kappa shape index (κ3) is 4.83. The SMILES string of the molecule is COC(=O)[C@H]1CCCCC[C@@H]1NC(=O)CCc1ccccn1. The van der Waals surface area contributed by atoms with Crippen molar-refractivity contribution in [2.24, 2.45) is 5.92 Å². The average molecular weight is 304 g/mol. The molecule has 1 amide bonds. The van der Waals surface area contributed by atoms with Gasteiger partial charge in [0, 0.05) is 24.4 Å². The molecule has 0 bridgehead atoms. The van der Waals surface area contributed by atoms with Gasteiger partial charge in [-0.2, -0.15) is 0 Å². The molecule has 1 saturated carbocycles. The van der Waals surface area contributed by atoms with Gasteiger partial charge in [-0.25, -0.2) is 0 Å². The van der Waals surface area contributed by atoms with Gasteiger partial charge in [0.15, 0.2) is 0 Å². The molecule has 2 atom stereocenters. The number of rotatable bonds is 5. The minimum atomic E-state index is -0.216. The molecule has 120 valence electrons. The Balaban J connectivity index is 1.88. The number of ether oxygens (including phenoxy) is 1. The van der Waals surface area contributed by atoms with Gasteiger partial charge in [-0.3, -0.25) is 14.6 Å². The van der Waals surface area contributed by atoms with Crippen LogP contribution in [0.2, 0.25) is 0 Å². The Hall–Kier alpha value is -1.91. The van der Waals surface area contributed by atoms with E-state index in [0.717, 1.165) is 37.8 Å². The molecule has 5 nitrogen and oxygen atoms in total. The Morgan fingerprint density at radius 1 is 1.27 bits per heavy atom. The first-order valence-corrected chi connectivity index (χ1v) is 7.98. The van der Waals surface area contributed by atoms with Gasteiger partial charge >= 0.3 is 5.97 Å². The minimum Gasteiger partial charge on any atom is -0.469 e. The van der Waals surface area contributed by atoms with E-state index >= 15 is 0 Å². The summed E-state index contributed by atoms with van der Waals surface area (Å²) in [5, 5.41) is 3.03. The third-order valence-electron chi connectivity index (χ3n) is 4.20. The highest BCUT2D eigenvalue weighted by molar-refractivity contribution is 5.78. The highest BCUT2D eigenvalue weighted by Crippen LogP contribution is 2.24. The quantitative estimate of drug-likeness (QED) is 0.669. The second kappa shape index (κ2) is 8.51. The van der Waals surface area contributed by atoms with Gasteiger partial charge in [-0.05, 0) is 31.4 Å². The van der Waals surface area contributed by atoms with E-state index in [2.05, 4.69) is 10.3 Å². The predicted molar refractivity (Wildman–Crippen MR) is 83.1 cm³/mol. The van der Waals surface area contributed by atoms with Crippen molar-refractivity contribution >= 4 is 11.9 Å². The van der Waals surface area contributed by atoms with Crippen molar-refractivity contribution in [1.29, 1.82) is 0 Å². The van der Waals surface area contributed by atoms with Crippen molar-refractivity contribution in [2.45, 2.75) is 51.0 Å². The highest BCUT2D eigenvalue weighted by Gasteiger charge is 2.31.